The van der Waals surface area contributed by atoms with Crippen LogP contribution in [-0.4, -0.2) is 61.7 Å². The van der Waals surface area contributed by atoms with Gasteiger partial charge < -0.3 is 10.2 Å². The van der Waals surface area contributed by atoms with Gasteiger partial charge >= 0.3 is 0 Å². The van der Waals surface area contributed by atoms with E-state index in [-0.39, 0.29) is 0 Å². The molecule has 1 aliphatic heterocycles. The molecule has 0 aromatic rings. The Labute approximate surface area is 100 Å². The minimum atomic E-state index is 0.762. The molecule has 1 atom stereocenters. The molecule has 0 aromatic heterocycles. The lowest BCUT2D eigenvalue weighted by atomic mass is 10.1. The first-order valence-electron chi connectivity index (χ1n) is 7.01. The fourth-order valence-electron chi connectivity index (χ4n) is 2.71. The van der Waals surface area contributed by atoms with Crippen molar-refractivity contribution < 1.29 is 0 Å². The average Bonchev–Trinajstić information content (AvgIpc) is 3.13. The first-order chi connectivity index (χ1) is 7.83. The smallest absolute Gasteiger partial charge is 0.0223 e. The van der Waals surface area contributed by atoms with Crippen molar-refractivity contribution in [2.75, 3.05) is 45.8 Å². The van der Waals surface area contributed by atoms with Gasteiger partial charge in [-0.1, -0.05) is 13.8 Å². The van der Waals surface area contributed by atoms with E-state index in [0.29, 0.717) is 0 Å². The van der Waals surface area contributed by atoms with Gasteiger partial charge in [-0.3, -0.25) is 4.90 Å². The van der Waals surface area contributed by atoms with Crippen molar-refractivity contribution in [2.24, 2.45) is 5.92 Å². The SMILES string of the molecule is CCNC(CN1CCN(CC)CC1)C1CC1. The summed E-state index contributed by atoms with van der Waals surface area (Å²) < 4.78 is 0. The molecule has 2 aliphatic rings. The Bertz CT molecular complexity index is 195. The number of hydrogen-bond donors (Lipinski definition) is 1. The highest BCUT2D eigenvalue weighted by Gasteiger charge is 2.32. The molecule has 94 valence electrons. The average molecular weight is 225 g/mol. The third-order valence-electron chi connectivity index (χ3n) is 4.02. The molecule has 2 rings (SSSR count). The van der Waals surface area contributed by atoms with Crippen molar-refractivity contribution in [3.63, 3.8) is 0 Å². The summed E-state index contributed by atoms with van der Waals surface area (Å²) in [5.41, 5.74) is 0. The van der Waals surface area contributed by atoms with Gasteiger partial charge in [0, 0.05) is 38.8 Å². The van der Waals surface area contributed by atoms with Crippen LogP contribution >= 0.6 is 0 Å². The zero-order chi connectivity index (χ0) is 11.4. The zero-order valence-electron chi connectivity index (χ0n) is 10.9. The lowest BCUT2D eigenvalue weighted by Crippen LogP contribution is -2.51. The van der Waals surface area contributed by atoms with Crippen LogP contribution in [0.1, 0.15) is 26.7 Å². The summed E-state index contributed by atoms with van der Waals surface area (Å²) in [6.07, 6.45) is 2.90. The van der Waals surface area contributed by atoms with Gasteiger partial charge in [0.1, 0.15) is 0 Å². The maximum Gasteiger partial charge on any atom is 0.0223 e. The molecule has 0 aromatic carbocycles. The summed E-state index contributed by atoms with van der Waals surface area (Å²) in [5.74, 6) is 0.976. The first kappa shape index (κ1) is 12.3. The van der Waals surface area contributed by atoms with Crippen molar-refractivity contribution in [1.29, 1.82) is 0 Å². The highest BCUT2D eigenvalue weighted by atomic mass is 15.3. The summed E-state index contributed by atoms with van der Waals surface area (Å²) in [7, 11) is 0. The van der Waals surface area contributed by atoms with Crippen molar-refractivity contribution in [3.8, 4) is 0 Å². The molecular weight excluding hydrogens is 198 g/mol. The van der Waals surface area contributed by atoms with Crippen molar-refractivity contribution >= 4 is 0 Å². The summed E-state index contributed by atoms with van der Waals surface area (Å²) >= 11 is 0. The third-order valence-corrected chi connectivity index (χ3v) is 4.02. The number of likely N-dealkylation sites (N-methyl/N-ethyl adjacent to an activating group) is 2. The molecule has 0 spiro atoms. The number of rotatable bonds is 6. The zero-order valence-corrected chi connectivity index (χ0v) is 10.9. The van der Waals surface area contributed by atoms with Gasteiger partial charge in [0.15, 0.2) is 0 Å². The Morgan fingerprint density at radius 2 is 1.69 bits per heavy atom. The van der Waals surface area contributed by atoms with Gasteiger partial charge in [-0.15, -0.1) is 0 Å². The molecule has 3 heteroatoms. The van der Waals surface area contributed by atoms with E-state index in [1.807, 2.05) is 0 Å². The highest BCUT2D eigenvalue weighted by Crippen LogP contribution is 2.33. The topological polar surface area (TPSA) is 18.5 Å². The van der Waals surface area contributed by atoms with Gasteiger partial charge in [-0.25, -0.2) is 0 Å². The Kier molecular flexibility index (Phi) is 4.62. The molecule has 1 aliphatic carbocycles. The first-order valence-corrected chi connectivity index (χ1v) is 7.01. The Balaban J connectivity index is 1.71. The molecule has 1 N–H and O–H groups in total. The standard InChI is InChI=1S/C13H27N3/c1-3-14-13(12-5-6-12)11-16-9-7-15(4-2)8-10-16/h12-14H,3-11H2,1-2H3. The summed E-state index contributed by atoms with van der Waals surface area (Å²) in [4.78, 5) is 5.20. The van der Waals surface area contributed by atoms with E-state index < -0.39 is 0 Å². The van der Waals surface area contributed by atoms with E-state index in [1.54, 1.807) is 0 Å². The van der Waals surface area contributed by atoms with Gasteiger partial charge in [0.25, 0.3) is 0 Å². The maximum atomic E-state index is 3.66. The number of nitrogens with zero attached hydrogens (tertiary/aromatic N) is 2. The van der Waals surface area contributed by atoms with Crippen molar-refractivity contribution in [2.45, 2.75) is 32.7 Å². The Morgan fingerprint density at radius 1 is 1.06 bits per heavy atom. The second kappa shape index (κ2) is 5.99. The molecule has 3 nitrogen and oxygen atoms in total. The minimum Gasteiger partial charge on any atom is -0.313 e. The van der Waals surface area contributed by atoms with Crippen molar-refractivity contribution in [1.82, 2.24) is 15.1 Å². The van der Waals surface area contributed by atoms with E-state index in [9.17, 15) is 0 Å². The molecule has 16 heavy (non-hydrogen) atoms. The van der Waals surface area contributed by atoms with Crippen LogP contribution in [0.4, 0.5) is 0 Å². The molecule has 0 amide bonds. The summed E-state index contributed by atoms with van der Waals surface area (Å²) in [5, 5.41) is 3.66. The van der Waals surface area contributed by atoms with Crippen LogP contribution in [-0.2, 0) is 0 Å². The minimum absolute atomic E-state index is 0.762. The molecule has 2 fully saturated rings. The fourth-order valence-corrected chi connectivity index (χ4v) is 2.71. The van der Waals surface area contributed by atoms with Crippen LogP contribution in [0.25, 0.3) is 0 Å². The molecule has 0 radical (unpaired) electrons. The normalized spacial score (nSPS) is 25.9. The second-order valence-corrected chi connectivity index (χ2v) is 5.24. The third kappa shape index (κ3) is 3.44. The molecule has 1 unspecified atom stereocenters. The van der Waals surface area contributed by atoms with Crippen LogP contribution in [0.5, 0.6) is 0 Å². The highest BCUT2D eigenvalue weighted by molar-refractivity contribution is 4.89. The lowest BCUT2D eigenvalue weighted by molar-refractivity contribution is 0.124. The number of piperazine rings is 1. The van der Waals surface area contributed by atoms with Crippen LogP contribution < -0.4 is 5.32 Å². The van der Waals surface area contributed by atoms with Gasteiger partial charge in [-0.2, -0.15) is 0 Å². The molecule has 1 saturated heterocycles. The van der Waals surface area contributed by atoms with E-state index in [4.69, 9.17) is 0 Å². The van der Waals surface area contributed by atoms with E-state index in [1.165, 1.54) is 52.1 Å². The molecular formula is C13H27N3. The lowest BCUT2D eigenvalue weighted by Gasteiger charge is -2.36. The molecule has 0 bridgehead atoms. The van der Waals surface area contributed by atoms with Crippen LogP contribution in [0.15, 0.2) is 0 Å². The van der Waals surface area contributed by atoms with Crippen LogP contribution in [0.3, 0.4) is 0 Å². The van der Waals surface area contributed by atoms with Crippen LogP contribution in [0.2, 0.25) is 0 Å². The van der Waals surface area contributed by atoms with Gasteiger partial charge in [0.2, 0.25) is 0 Å². The maximum absolute atomic E-state index is 3.66. The number of hydrogen-bond acceptors (Lipinski definition) is 3. The van der Waals surface area contributed by atoms with E-state index >= 15 is 0 Å². The van der Waals surface area contributed by atoms with Crippen LogP contribution in [0, 0.1) is 5.92 Å². The monoisotopic (exact) mass is 225 g/mol. The van der Waals surface area contributed by atoms with Crippen molar-refractivity contribution in [3.05, 3.63) is 0 Å². The summed E-state index contributed by atoms with van der Waals surface area (Å²) in [6, 6.07) is 0.762. The molecule has 1 heterocycles. The summed E-state index contributed by atoms with van der Waals surface area (Å²) in [6.45, 7) is 13.2. The van der Waals surface area contributed by atoms with E-state index in [0.717, 1.165) is 18.5 Å². The largest absolute Gasteiger partial charge is 0.313 e. The predicted molar refractivity (Wildman–Crippen MR) is 68.7 cm³/mol. The van der Waals surface area contributed by atoms with Gasteiger partial charge in [-0.05, 0) is 31.8 Å². The predicted octanol–water partition coefficient (Wildman–Crippen LogP) is 1.01. The Morgan fingerprint density at radius 3 is 2.19 bits per heavy atom. The van der Waals surface area contributed by atoms with Gasteiger partial charge in [0.05, 0.1) is 0 Å². The number of nitrogens with one attached hydrogen (secondary N) is 1. The van der Waals surface area contributed by atoms with E-state index in [2.05, 4.69) is 29.0 Å². The quantitative estimate of drug-likeness (QED) is 0.728. The fraction of sp³-hybridized carbons (Fsp3) is 1.00. The Hall–Kier alpha value is -0.120. The molecule has 1 saturated carbocycles. The second-order valence-electron chi connectivity index (χ2n) is 5.24.